The standard InChI is InChI=1S/C14H16ClN3O2/c1-11(9-18-8-2-7-16-18)17-14(19)10-20-13-5-3-12(15)4-6-13/h2-8,11H,9-10H2,1H3,(H,17,19)/t11-/m1/s1. The van der Waals surface area contributed by atoms with Gasteiger partial charge in [-0.25, -0.2) is 0 Å². The summed E-state index contributed by atoms with van der Waals surface area (Å²) < 4.78 is 7.13. The van der Waals surface area contributed by atoms with Crippen LogP contribution in [0.25, 0.3) is 0 Å². The van der Waals surface area contributed by atoms with E-state index in [1.807, 2.05) is 19.2 Å². The predicted octanol–water partition coefficient (Wildman–Crippen LogP) is 2.12. The van der Waals surface area contributed by atoms with Crippen LogP contribution in [0.3, 0.4) is 0 Å². The molecule has 0 aliphatic rings. The van der Waals surface area contributed by atoms with Crippen molar-refractivity contribution in [3.05, 3.63) is 47.7 Å². The maximum atomic E-state index is 11.7. The van der Waals surface area contributed by atoms with Crippen molar-refractivity contribution < 1.29 is 9.53 Å². The second kappa shape index (κ2) is 6.96. The van der Waals surface area contributed by atoms with Crippen LogP contribution >= 0.6 is 11.6 Å². The minimum absolute atomic E-state index is 0.0174. The van der Waals surface area contributed by atoms with Crippen LogP contribution in [0.5, 0.6) is 5.75 Å². The SMILES string of the molecule is C[C@H](Cn1cccn1)NC(=O)COc1ccc(Cl)cc1. The van der Waals surface area contributed by atoms with Gasteiger partial charge in [-0.3, -0.25) is 9.48 Å². The van der Waals surface area contributed by atoms with Crippen molar-refractivity contribution in [3.63, 3.8) is 0 Å². The van der Waals surface area contributed by atoms with Crippen LogP contribution in [0.1, 0.15) is 6.92 Å². The third kappa shape index (κ3) is 4.59. The molecule has 1 atom stereocenters. The Morgan fingerprint density at radius 2 is 2.20 bits per heavy atom. The highest BCUT2D eigenvalue weighted by atomic mass is 35.5. The van der Waals surface area contributed by atoms with Crippen molar-refractivity contribution in [2.45, 2.75) is 19.5 Å². The second-order valence-corrected chi connectivity index (χ2v) is 4.88. The number of carbonyl (C=O) groups excluding carboxylic acids is 1. The molecule has 2 rings (SSSR count). The van der Waals surface area contributed by atoms with E-state index in [9.17, 15) is 4.79 Å². The lowest BCUT2D eigenvalue weighted by Crippen LogP contribution is -2.38. The van der Waals surface area contributed by atoms with Crippen LogP contribution in [0.4, 0.5) is 0 Å². The maximum Gasteiger partial charge on any atom is 0.258 e. The third-order valence-electron chi connectivity index (χ3n) is 2.61. The molecule has 1 amide bonds. The molecule has 2 aromatic rings. The van der Waals surface area contributed by atoms with Gasteiger partial charge < -0.3 is 10.1 Å². The van der Waals surface area contributed by atoms with Crippen LogP contribution < -0.4 is 10.1 Å². The molecule has 6 heteroatoms. The first-order valence-corrected chi connectivity index (χ1v) is 6.66. The summed E-state index contributed by atoms with van der Waals surface area (Å²) in [5.74, 6) is 0.448. The summed E-state index contributed by atoms with van der Waals surface area (Å²) in [4.78, 5) is 11.7. The summed E-state index contributed by atoms with van der Waals surface area (Å²) in [6.45, 7) is 2.52. The number of aromatic nitrogens is 2. The zero-order valence-corrected chi connectivity index (χ0v) is 11.9. The number of benzene rings is 1. The van der Waals surface area contributed by atoms with Gasteiger partial charge in [0.1, 0.15) is 5.75 Å². The van der Waals surface area contributed by atoms with E-state index in [4.69, 9.17) is 16.3 Å². The fraction of sp³-hybridized carbons (Fsp3) is 0.286. The number of nitrogens with zero attached hydrogens (tertiary/aromatic N) is 2. The Kier molecular flexibility index (Phi) is 5.01. The van der Waals surface area contributed by atoms with Gasteiger partial charge >= 0.3 is 0 Å². The normalized spacial score (nSPS) is 11.9. The average Bonchev–Trinajstić information content (AvgIpc) is 2.90. The zero-order chi connectivity index (χ0) is 14.4. The van der Waals surface area contributed by atoms with Gasteiger partial charge in [0.2, 0.25) is 0 Å². The molecule has 0 spiro atoms. The minimum atomic E-state index is -0.167. The molecule has 20 heavy (non-hydrogen) atoms. The number of carbonyl (C=O) groups is 1. The summed E-state index contributed by atoms with van der Waals surface area (Å²) in [5.41, 5.74) is 0. The third-order valence-corrected chi connectivity index (χ3v) is 2.86. The second-order valence-electron chi connectivity index (χ2n) is 4.44. The maximum absolute atomic E-state index is 11.7. The Labute approximate surface area is 122 Å². The van der Waals surface area contributed by atoms with Crippen molar-refractivity contribution in [2.75, 3.05) is 6.61 Å². The molecular weight excluding hydrogens is 278 g/mol. The van der Waals surface area contributed by atoms with Crippen LogP contribution in [-0.2, 0) is 11.3 Å². The predicted molar refractivity (Wildman–Crippen MR) is 76.8 cm³/mol. The quantitative estimate of drug-likeness (QED) is 0.887. The monoisotopic (exact) mass is 293 g/mol. The molecule has 0 saturated heterocycles. The van der Waals surface area contributed by atoms with E-state index < -0.39 is 0 Å². The molecule has 1 heterocycles. The van der Waals surface area contributed by atoms with Gasteiger partial charge in [0.25, 0.3) is 5.91 Å². The van der Waals surface area contributed by atoms with E-state index in [0.717, 1.165) is 0 Å². The van der Waals surface area contributed by atoms with Gasteiger partial charge in [0.05, 0.1) is 6.54 Å². The molecule has 0 bridgehead atoms. The van der Waals surface area contributed by atoms with Crippen LogP contribution in [0, 0.1) is 0 Å². The van der Waals surface area contributed by atoms with Gasteiger partial charge in [-0.1, -0.05) is 11.6 Å². The summed E-state index contributed by atoms with van der Waals surface area (Å²) in [6.07, 6.45) is 3.56. The number of ether oxygens (including phenoxy) is 1. The van der Waals surface area contributed by atoms with E-state index in [0.29, 0.717) is 17.3 Å². The molecule has 1 aromatic carbocycles. The Morgan fingerprint density at radius 1 is 1.45 bits per heavy atom. The summed E-state index contributed by atoms with van der Waals surface area (Å²) >= 11 is 5.77. The highest BCUT2D eigenvalue weighted by molar-refractivity contribution is 6.30. The number of amides is 1. The smallest absolute Gasteiger partial charge is 0.258 e. The van der Waals surface area contributed by atoms with Gasteiger partial charge in [-0.2, -0.15) is 5.10 Å². The molecule has 0 unspecified atom stereocenters. The molecule has 0 saturated carbocycles. The fourth-order valence-electron chi connectivity index (χ4n) is 1.73. The number of rotatable bonds is 6. The molecule has 106 valence electrons. The first-order valence-electron chi connectivity index (χ1n) is 6.28. The summed E-state index contributed by atoms with van der Waals surface area (Å²) in [5, 5.41) is 7.57. The summed E-state index contributed by atoms with van der Waals surface area (Å²) in [7, 11) is 0. The van der Waals surface area contributed by atoms with Crippen molar-refractivity contribution in [1.82, 2.24) is 15.1 Å². The molecule has 0 aliphatic carbocycles. The highest BCUT2D eigenvalue weighted by Crippen LogP contribution is 2.15. The zero-order valence-electron chi connectivity index (χ0n) is 11.1. The molecule has 5 nitrogen and oxygen atoms in total. The Hall–Kier alpha value is -2.01. The van der Waals surface area contributed by atoms with Crippen LogP contribution in [0.15, 0.2) is 42.7 Å². The molecular formula is C14H16ClN3O2. The Balaban J connectivity index is 1.73. The van der Waals surface area contributed by atoms with Gasteiger partial charge in [-0.05, 0) is 37.3 Å². The molecule has 0 aliphatic heterocycles. The lowest BCUT2D eigenvalue weighted by Gasteiger charge is -2.14. The fourth-order valence-corrected chi connectivity index (χ4v) is 1.86. The van der Waals surface area contributed by atoms with E-state index in [2.05, 4.69) is 10.4 Å². The Morgan fingerprint density at radius 3 is 2.85 bits per heavy atom. The van der Waals surface area contributed by atoms with Crippen molar-refractivity contribution in [3.8, 4) is 5.75 Å². The van der Waals surface area contributed by atoms with Gasteiger partial charge in [0.15, 0.2) is 6.61 Å². The summed E-state index contributed by atoms with van der Waals surface area (Å²) in [6, 6.07) is 8.71. The first kappa shape index (κ1) is 14.4. The topological polar surface area (TPSA) is 56.2 Å². The molecule has 0 radical (unpaired) electrons. The average molecular weight is 294 g/mol. The first-order chi connectivity index (χ1) is 9.63. The van der Waals surface area contributed by atoms with E-state index >= 15 is 0 Å². The van der Waals surface area contributed by atoms with Crippen molar-refractivity contribution in [2.24, 2.45) is 0 Å². The van der Waals surface area contributed by atoms with Gasteiger partial charge in [-0.15, -0.1) is 0 Å². The number of hydrogen-bond donors (Lipinski definition) is 1. The number of halogens is 1. The van der Waals surface area contributed by atoms with Crippen LogP contribution in [0.2, 0.25) is 5.02 Å². The van der Waals surface area contributed by atoms with Gasteiger partial charge in [0, 0.05) is 23.5 Å². The Bertz CT molecular complexity index is 540. The van der Waals surface area contributed by atoms with E-state index in [1.54, 1.807) is 35.1 Å². The van der Waals surface area contributed by atoms with Crippen LogP contribution in [-0.4, -0.2) is 28.3 Å². The number of hydrogen-bond acceptors (Lipinski definition) is 3. The highest BCUT2D eigenvalue weighted by Gasteiger charge is 2.08. The van der Waals surface area contributed by atoms with Crippen molar-refractivity contribution in [1.29, 1.82) is 0 Å². The lowest BCUT2D eigenvalue weighted by atomic mass is 10.3. The minimum Gasteiger partial charge on any atom is -0.484 e. The van der Waals surface area contributed by atoms with Crippen molar-refractivity contribution >= 4 is 17.5 Å². The van der Waals surface area contributed by atoms with E-state index in [1.165, 1.54) is 0 Å². The largest absolute Gasteiger partial charge is 0.484 e. The lowest BCUT2D eigenvalue weighted by molar-refractivity contribution is -0.123. The molecule has 1 aromatic heterocycles. The molecule has 1 N–H and O–H groups in total. The molecule has 0 fully saturated rings. The van der Waals surface area contributed by atoms with E-state index in [-0.39, 0.29) is 18.6 Å². The number of nitrogens with one attached hydrogen (secondary N) is 1.